The Labute approximate surface area is 139 Å². The fourth-order valence-corrected chi connectivity index (χ4v) is 3.20. The zero-order chi connectivity index (χ0) is 16.8. The van der Waals surface area contributed by atoms with Crippen molar-refractivity contribution in [3.63, 3.8) is 0 Å². The summed E-state index contributed by atoms with van der Waals surface area (Å²) in [5.74, 6) is 1.30. The summed E-state index contributed by atoms with van der Waals surface area (Å²) >= 11 is 1.62. The second kappa shape index (κ2) is 8.47. The summed E-state index contributed by atoms with van der Waals surface area (Å²) in [4.78, 5) is 10.7. The number of hydrogen-bond acceptors (Lipinski definition) is 5. The molecule has 1 atom stereocenters. The van der Waals surface area contributed by atoms with Crippen LogP contribution in [0.5, 0.6) is 0 Å². The van der Waals surface area contributed by atoms with Crippen LogP contribution < -0.4 is 15.5 Å². The molecule has 0 amide bonds. The molecule has 0 saturated carbocycles. The highest BCUT2D eigenvalue weighted by molar-refractivity contribution is 7.86. The molecule has 0 aromatic carbocycles. The Hall–Kier alpha value is -1.15. The minimum Gasteiger partial charge on any atom is -0.355 e. The van der Waals surface area contributed by atoms with Crippen LogP contribution in [0.2, 0.25) is 0 Å². The second-order valence-electron chi connectivity index (χ2n) is 6.03. The smallest absolute Gasteiger partial charge is 0.191 e. The fraction of sp³-hybridized carbons (Fsp3) is 0.714. The average Bonchev–Trinajstić information content (AvgIpc) is 2.90. The van der Waals surface area contributed by atoms with Crippen LogP contribution in [0, 0.1) is 0 Å². The van der Waals surface area contributed by atoms with Gasteiger partial charge in [0, 0.05) is 54.4 Å². The molecule has 2 N–H and O–H groups in total. The molecule has 1 aromatic rings. The first-order valence-electron chi connectivity index (χ1n) is 7.18. The van der Waals surface area contributed by atoms with Crippen LogP contribution in [0.4, 0.5) is 5.13 Å². The van der Waals surface area contributed by atoms with Crippen LogP contribution in [0.25, 0.3) is 0 Å². The van der Waals surface area contributed by atoms with E-state index >= 15 is 0 Å². The highest BCUT2D eigenvalue weighted by Crippen LogP contribution is 2.17. The lowest BCUT2D eigenvalue weighted by molar-refractivity contribution is 0.647. The van der Waals surface area contributed by atoms with Crippen molar-refractivity contribution in [3.8, 4) is 0 Å². The highest BCUT2D eigenvalue weighted by atomic mass is 32.2. The van der Waals surface area contributed by atoms with Crippen LogP contribution >= 0.6 is 11.3 Å². The summed E-state index contributed by atoms with van der Waals surface area (Å²) in [6.45, 7) is 7.21. The lowest BCUT2D eigenvalue weighted by Crippen LogP contribution is -2.40. The standard InChI is InChI=1S/C14H27N5OS2/c1-14(2,3)22(20)8-7-16-12(15-4)17-9-11-10-21-13(18-11)19(5)6/h10H,7-9H2,1-6H3,(H2,15,16,17). The molecule has 0 aliphatic heterocycles. The first kappa shape index (κ1) is 18.9. The Morgan fingerprint density at radius 1 is 1.41 bits per heavy atom. The largest absolute Gasteiger partial charge is 0.355 e. The van der Waals surface area contributed by atoms with E-state index in [1.54, 1.807) is 18.4 Å². The van der Waals surface area contributed by atoms with Gasteiger partial charge in [-0.15, -0.1) is 11.3 Å². The van der Waals surface area contributed by atoms with Crippen molar-refractivity contribution in [3.05, 3.63) is 11.1 Å². The van der Waals surface area contributed by atoms with E-state index in [4.69, 9.17) is 0 Å². The van der Waals surface area contributed by atoms with Gasteiger partial charge < -0.3 is 15.5 Å². The quantitative estimate of drug-likeness (QED) is 0.603. The number of thiazole rings is 1. The number of guanidine groups is 1. The van der Waals surface area contributed by atoms with E-state index in [9.17, 15) is 4.21 Å². The van der Waals surface area contributed by atoms with Gasteiger partial charge in [0.15, 0.2) is 11.1 Å². The van der Waals surface area contributed by atoms with Crippen LogP contribution in [0.1, 0.15) is 26.5 Å². The number of hydrogen-bond donors (Lipinski definition) is 2. The minimum atomic E-state index is -0.859. The molecule has 126 valence electrons. The zero-order valence-electron chi connectivity index (χ0n) is 14.3. The van der Waals surface area contributed by atoms with Gasteiger partial charge in [-0.1, -0.05) is 0 Å². The number of aromatic nitrogens is 1. The summed E-state index contributed by atoms with van der Waals surface area (Å²) < 4.78 is 11.8. The molecule has 1 rings (SSSR count). The average molecular weight is 346 g/mol. The number of anilines is 1. The summed E-state index contributed by atoms with van der Waals surface area (Å²) in [7, 11) is 4.82. The molecule has 0 aliphatic carbocycles. The fourth-order valence-electron chi connectivity index (χ4n) is 1.55. The molecule has 22 heavy (non-hydrogen) atoms. The highest BCUT2D eigenvalue weighted by Gasteiger charge is 2.18. The number of nitrogens with zero attached hydrogens (tertiary/aromatic N) is 3. The van der Waals surface area contributed by atoms with E-state index in [1.807, 2.05) is 45.1 Å². The Morgan fingerprint density at radius 2 is 2.09 bits per heavy atom. The first-order chi connectivity index (χ1) is 10.2. The van der Waals surface area contributed by atoms with E-state index in [0.29, 0.717) is 24.8 Å². The van der Waals surface area contributed by atoms with Crippen molar-refractivity contribution in [1.29, 1.82) is 0 Å². The molecule has 8 heteroatoms. The van der Waals surface area contributed by atoms with Crippen molar-refractivity contribution >= 4 is 33.2 Å². The molecule has 0 fully saturated rings. The van der Waals surface area contributed by atoms with Gasteiger partial charge in [-0.2, -0.15) is 0 Å². The van der Waals surface area contributed by atoms with Crippen molar-refractivity contribution in [1.82, 2.24) is 15.6 Å². The predicted molar refractivity (Wildman–Crippen MR) is 97.4 cm³/mol. The molecule has 0 radical (unpaired) electrons. The molecule has 6 nitrogen and oxygen atoms in total. The monoisotopic (exact) mass is 345 g/mol. The molecule has 1 aromatic heterocycles. The topological polar surface area (TPSA) is 69.6 Å². The molecule has 0 saturated heterocycles. The van der Waals surface area contributed by atoms with Crippen molar-refractivity contribution < 1.29 is 4.21 Å². The molecule has 0 spiro atoms. The maximum atomic E-state index is 12.0. The normalized spacial score (nSPS) is 13.8. The summed E-state index contributed by atoms with van der Waals surface area (Å²) in [5.41, 5.74) is 0.981. The number of rotatable bonds is 6. The van der Waals surface area contributed by atoms with Gasteiger partial charge in [0.1, 0.15) is 0 Å². The van der Waals surface area contributed by atoms with Crippen LogP contribution in [0.15, 0.2) is 10.4 Å². The van der Waals surface area contributed by atoms with E-state index in [1.165, 1.54) is 0 Å². The molecule has 0 aliphatic rings. The van der Waals surface area contributed by atoms with Gasteiger partial charge in [-0.05, 0) is 20.8 Å². The summed E-state index contributed by atoms with van der Waals surface area (Å²) in [5, 5.41) is 9.42. The third-order valence-electron chi connectivity index (χ3n) is 2.85. The summed E-state index contributed by atoms with van der Waals surface area (Å²) in [6, 6.07) is 0. The zero-order valence-corrected chi connectivity index (χ0v) is 15.9. The van der Waals surface area contributed by atoms with E-state index < -0.39 is 10.8 Å². The maximum Gasteiger partial charge on any atom is 0.191 e. The molecular formula is C14H27N5OS2. The molecular weight excluding hydrogens is 318 g/mol. The van der Waals surface area contributed by atoms with Crippen LogP contribution in [-0.4, -0.2) is 53.3 Å². The van der Waals surface area contributed by atoms with Crippen LogP contribution in [0.3, 0.4) is 0 Å². The molecule has 0 bridgehead atoms. The summed E-state index contributed by atoms with van der Waals surface area (Å²) in [6.07, 6.45) is 0. The van der Waals surface area contributed by atoms with Gasteiger partial charge in [-0.25, -0.2) is 4.98 Å². The lowest BCUT2D eigenvalue weighted by atomic mass is 10.3. The van der Waals surface area contributed by atoms with Crippen molar-refractivity contribution in [2.24, 2.45) is 4.99 Å². The third-order valence-corrected chi connectivity index (χ3v) is 5.84. The molecule has 1 heterocycles. The van der Waals surface area contributed by atoms with Gasteiger partial charge >= 0.3 is 0 Å². The Bertz CT molecular complexity index is 520. The Balaban J connectivity index is 2.38. The van der Waals surface area contributed by atoms with E-state index in [-0.39, 0.29) is 4.75 Å². The Kier molecular flexibility index (Phi) is 7.28. The van der Waals surface area contributed by atoms with Crippen LogP contribution in [-0.2, 0) is 17.3 Å². The van der Waals surface area contributed by atoms with Gasteiger partial charge in [0.2, 0.25) is 0 Å². The van der Waals surface area contributed by atoms with Gasteiger partial charge in [0.05, 0.1) is 12.2 Å². The number of aliphatic imine (C=N–C) groups is 1. The number of nitrogens with one attached hydrogen (secondary N) is 2. The van der Waals surface area contributed by atoms with Crippen molar-refractivity contribution in [2.75, 3.05) is 38.3 Å². The first-order valence-corrected chi connectivity index (χ1v) is 9.38. The van der Waals surface area contributed by atoms with Gasteiger partial charge in [0.25, 0.3) is 0 Å². The minimum absolute atomic E-state index is 0.179. The van der Waals surface area contributed by atoms with E-state index in [0.717, 1.165) is 10.8 Å². The maximum absolute atomic E-state index is 12.0. The SMILES string of the molecule is CN=C(NCCS(=O)C(C)(C)C)NCc1csc(N(C)C)n1. The van der Waals surface area contributed by atoms with Crippen molar-refractivity contribution in [2.45, 2.75) is 32.1 Å². The van der Waals surface area contributed by atoms with Gasteiger partial charge in [-0.3, -0.25) is 9.20 Å². The lowest BCUT2D eigenvalue weighted by Gasteiger charge is -2.18. The molecule has 1 unspecified atom stereocenters. The second-order valence-corrected chi connectivity index (χ2v) is 9.19. The van der Waals surface area contributed by atoms with E-state index in [2.05, 4.69) is 20.6 Å². The predicted octanol–water partition coefficient (Wildman–Crippen LogP) is 1.42. The third kappa shape index (κ3) is 6.31. The Morgan fingerprint density at radius 3 is 2.59 bits per heavy atom.